The Bertz CT molecular complexity index is 882. The lowest BCUT2D eigenvalue weighted by molar-refractivity contribution is -0.135. The molecule has 4 rings (SSSR count). The summed E-state index contributed by atoms with van der Waals surface area (Å²) in [5, 5.41) is 0. The van der Waals surface area contributed by atoms with Crippen molar-refractivity contribution < 1.29 is 9.53 Å². The number of methoxy groups -OCH3 is 1. The van der Waals surface area contributed by atoms with Gasteiger partial charge in [-0.1, -0.05) is 12.1 Å². The molecule has 6 heteroatoms. The molecule has 2 aromatic rings. The number of rotatable bonds is 3. The van der Waals surface area contributed by atoms with Crippen molar-refractivity contribution in [2.45, 2.75) is 38.1 Å². The van der Waals surface area contributed by atoms with Gasteiger partial charge < -0.3 is 14.6 Å². The van der Waals surface area contributed by atoms with Gasteiger partial charge >= 0.3 is 0 Å². The molecule has 1 amide bonds. The number of hydrogen-bond acceptors (Lipinski definition) is 4. The van der Waals surface area contributed by atoms with E-state index in [-0.39, 0.29) is 11.5 Å². The zero-order valence-electron chi connectivity index (χ0n) is 14.5. The van der Waals surface area contributed by atoms with E-state index in [9.17, 15) is 9.59 Å². The number of nitrogens with one attached hydrogen (secondary N) is 1. The first-order chi connectivity index (χ1) is 12.0. The summed E-state index contributed by atoms with van der Waals surface area (Å²) in [4.78, 5) is 34.4. The van der Waals surface area contributed by atoms with E-state index in [0.29, 0.717) is 30.9 Å². The second-order valence-electron chi connectivity index (χ2n) is 6.86. The number of carbonyl (C=O) groups is 1. The molecule has 130 valence electrons. The first-order valence-corrected chi connectivity index (χ1v) is 8.56. The smallest absolute Gasteiger partial charge is 0.256 e. The van der Waals surface area contributed by atoms with Crippen molar-refractivity contribution in [3.05, 3.63) is 57.3 Å². The molecule has 1 N–H and O–H groups in total. The van der Waals surface area contributed by atoms with Crippen LogP contribution in [0.4, 0.5) is 0 Å². The summed E-state index contributed by atoms with van der Waals surface area (Å²) in [7, 11) is 1.63. The van der Waals surface area contributed by atoms with E-state index in [1.807, 2.05) is 29.2 Å². The van der Waals surface area contributed by atoms with Gasteiger partial charge in [-0.2, -0.15) is 0 Å². The number of benzene rings is 1. The van der Waals surface area contributed by atoms with Crippen LogP contribution in [0.5, 0.6) is 5.75 Å². The van der Waals surface area contributed by atoms with E-state index >= 15 is 0 Å². The quantitative estimate of drug-likeness (QED) is 0.924. The van der Waals surface area contributed by atoms with Gasteiger partial charge in [-0.25, -0.2) is 4.98 Å². The lowest BCUT2D eigenvalue weighted by Gasteiger charge is -2.31. The molecule has 1 saturated carbocycles. The number of fused-ring (bicyclic) bond motifs is 1. The van der Waals surface area contributed by atoms with Gasteiger partial charge in [-0.15, -0.1) is 0 Å². The zero-order chi connectivity index (χ0) is 17.6. The molecule has 1 aliphatic heterocycles. The molecule has 0 atom stereocenters. The second kappa shape index (κ2) is 5.72. The molecule has 6 nitrogen and oxygen atoms in total. The first kappa shape index (κ1) is 15.9. The van der Waals surface area contributed by atoms with Crippen molar-refractivity contribution in [3.8, 4) is 5.75 Å². The maximum atomic E-state index is 13.2. The number of carbonyl (C=O) groups excluding carboxylic acids is 1. The summed E-state index contributed by atoms with van der Waals surface area (Å²) < 4.78 is 5.20. The Labute approximate surface area is 145 Å². The summed E-state index contributed by atoms with van der Waals surface area (Å²) in [6.45, 7) is 2.73. The standard InChI is InChI=1S/C19H21N3O3/c1-12-20-16-7-10-22(11-15(16)17(23)21-12)18(24)19(8-9-19)13-3-5-14(25-2)6-4-13/h3-6H,7-11H2,1-2H3,(H,20,21,23). The van der Waals surface area contributed by atoms with Gasteiger partial charge in [0.25, 0.3) is 5.56 Å². The number of aryl methyl sites for hydroxylation is 1. The van der Waals surface area contributed by atoms with Gasteiger partial charge in [-0.05, 0) is 37.5 Å². The zero-order valence-corrected chi connectivity index (χ0v) is 14.5. The third kappa shape index (κ3) is 2.62. The van der Waals surface area contributed by atoms with Gasteiger partial charge in [0.15, 0.2) is 0 Å². The lowest BCUT2D eigenvalue weighted by atomic mass is 9.93. The van der Waals surface area contributed by atoms with E-state index in [1.54, 1.807) is 14.0 Å². The highest BCUT2D eigenvalue weighted by molar-refractivity contribution is 5.91. The molecule has 0 bridgehead atoms. The molecule has 0 radical (unpaired) electrons. The van der Waals surface area contributed by atoms with E-state index in [2.05, 4.69) is 9.97 Å². The molecule has 0 saturated heterocycles. The van der Waals surface area contributed by atoms with Crippen LogP contribution in [0.1, 0.15) is 35.5 Å². The van der Waals surface area contributed by atoms with Crippen LogP contribution in [0.2, 0.25) is 0 Å². The number of ether oxygens (including phenoxy) is 1. The maximum absolute atomic E-state index is 13.2. The predicted octanol–water partition coefficient (Wildman–Crippen LogP) is 1.70. The van der Waals surface area contributed by atoms with Crippen molar-refractivity contribution in [3.63, 3.8) is 0 Å². The van der Waals surface area contributed by atoms with Crippen molar-refractivity contribution in [2.75, 3.05) is 13.7 Å². The fourth-order valence-corrected chi connectivity index (χ4v) is 3.69. The van der Waals surface area contributed by atoms with E-state index in [0.717, 1.165) is 29.8 Å². The van der Waals surface area contributed by atoms with E-state index < -0.39 is 5.41 Å². The van der Waals surface area contributed by atoms with Crippen LogP contribution in [0.15, 0.2) is 29.1 Å². The van der Waals surface area contributed by atoms with Crippen molar-refractivity contribution in [2.24, 2.45) is 0 Å². The number of amides is 1. The maximum Gasteiger partial charge on any atom is 0.256 e. The Morgan fingerprint density at radius 3 is 2.64 bits per heavy atom. The molecular weight excluding hydrogens is 318 g/mol. The van der Waals surface area contributed by atoms with Gasteiger partial charge in [0.05, 0.1) is 30.3 Å². The van der Waals surface area contributed by atoms with Crippen molar-refractivity contribution in [1.82, 2.24) is 14.9 Å². The Hall–Kier alpha value is -2.63. The number of H-pyrrole nitrogens is 1. The van der Waals surface area contributed by atoms with Gasteiger partial charge in [0, 0.05) is 13.0 Å². The second-order valence-corrected chi connectivity index (χ2v) is 6.86. The Morgan fingerprint density at radius 2 is 2.00 bits per heavy atom. The average Bonchev–Trinajstić information content (AvgIpc) is 3.43. The monoisotopic (exact) mass is 339 g/mol. The van der Waals surface area contributed by atoms with Crippen LogP contribution >= 0.6 is 0 Å². The topological polar surface area (TPSA) is 75.3 Å². The van der Waals surface area contributed by atoms with Gasteiger partial charge in [0.2, 0.25) is 5.91 Å². The van der Waals surface area contributed by atoms with Crippen LogP contribution in [0, 0.1) is 6.92 Å². The number of nitrogens with zero attached hydrogens (tertiary/aromatic N) is 2. The minimum Gasteiger partial charge on any atom is -0.497 e. The summed E-state index contributed by atoms with van der Waals surface area (Å²) in [6.07, 6.45) is 2.33. The number of hydrogen-bond donors (Lipinski definition) is 1. The van der Waals surface area contributed by atoms with Crippen LogP contribution < -0.4 is 10.3 Å². The van der Waals surface area contributed by atoms with Crippen molar-refractivity contribution >= 4 is 5.91 Å². The molecule has 2 aliphatic rings. The van der Waals surface area contributed by atoms with Crippen LogP contribution in [0.25, 0.3) is 0 Å². The van der Waals surface area contributed by atoms with Crippen LogP contribution in [-0.2, 0) is 23.2 Å². The molecule has 0 unspecified atom stereocenters. The predicted molar refractivity (Wildman–Crippen MR) is 92.6 cm³/mol. The normalized spacial score (nSPS) is 17.8. The fourth-order valence-electron chi connectivity index (χ4n) is 3.69. The lowest BCUT2D eigenvalue weighted by Crippen LogP contribution is -2.44. The minimum absolute atomic E-state index is 0.114. The van der Waals surface area contributed by atoms with E-state index in [1.165, 1.54) is 0 Å². The number of aromatic amines is 1. The minimum atomic E-state index is -0.436. The Morgan fingerprint density at radius 1 is 1.28 bits per heavy atom. The molecular formula is C19H21N3O3. The summed E-state index contributed by atoms with van der Waals surface area (Å²) >= 11 is 0. The third-order valence-electron chi connectivity index (χ3n) is 5.28. The first-order valence-electron chi connectivity index (χ1n) is 8.56. The van der Waals surface area contributed by atoms with Crippen LogP contribution in [-0.4, -0.2) is 34.4 Å². The highest BCUT2D eigenvalue weighted by atomic mass is 16.5. The van der Waals surface area contributed by atoms with Crippen molar-refractivity contribution in [1.29, 1.82) is 0 Å². The highest BCUT2D eigenvalue weighted by Crippen LogP contribution is 2.50. The van der Waals surface area contributed by atoms with E-state index in [4.69, 9.17) is 4.74 Å². The molecule has 25 heavy (non-hydrogen) atoms. The average molecular weight is 339 g/mol. The largest absolute Gasteiger partial charge is 0.497 e. The molecule has 1 aromatic heterocycles. The molecule has 1 aliphatic carbocycles. The van der Waals surface area contributed by atoms with Gasteiger partial charge in [-0.3, -0.25) is 9.59 Å². The molecule has 1 aromatic carbocycles. The third-order valence-corrected chi connectivity index (χ3v) is 5.28. The van der Waals surface area contributed by atoms with Gasteiger partial charge in [0.1, 0.15) is 11.6 Å². The molecule has 0 spiro atoms. The Balaban J connectivity index is 1.60. The summed E-state index contributed by atoms with van der Waals surface area (Å²) in [5.74, 6) is 1.52. The summed E-state index contributed by atoms with van der Waals surface area (Å²) in [6, 6.07) is 7.73. The SMILES string of the molecule is COc1ccc(C2(C(=O)N3CCc4nc(C)[nH]c(=O)c4C3)CC2)cc1. The fraction of sp³-hybridized carbons (Fsp3) is 0.421. The number of aromatic nitrogens is 2. The van der Waals surface area contributed by atoms with Crippen LogP contribution in [0.3, 0.4) is 0 Å². The highest BCUT2D eigenvalue weighted by Gasteiger charge is 2.53. The summed E-state index contributed by atoms with van der Waals surface area (Å²) in [5.41, 5.74) is 1.90. The molecule has 1 fully saturated rings. The Kier molecular flexibility index (Phi) is 3.63. The molecule has 2 heterocycles.